The lowest BCUT2D eigenvalue weighted by molar-refractivity contribution is 1.17. The summed E-state index contributed by atoms with van der Waals surface area (Å²) in [5, 5.41) is 4.73. The molecule has 0 radical (unpaired) electrons. The molecule has 0 unspecified atom stereocenters. The van der Waals surface area contributed by atoms with Crippen molar-refractivity contribution in [3.63, 3.8) is 0 Å². The second kappa shape index (κ2) is 13.6. The van der Waals surface area contributed by atoms with Crippen LogP contribution in [0.5, 0.6) is 0 Å². The van der Waals surface area contributed by atoms with Gasteiger partial charge < -0.3 is 14.0 Å². The second-order valence-electron chi connectivity index (χ2n) is 14.4. The summed E-state index contributed by atoms with van der Waals surface area (Å²) >= 11 is 0. The second-order valence-corrected chi connectivity index (χ2v) is 14.4. The van der Waals surface area contributed by atoms with Crippen LogP contribution in [0.3, 0.4) is 0 Å². The van der Waals surface area contributed by atoms with E-state index in [9.17, 15) is 0 Å². The summed E-state index contributed by atoms with van der Waals surface area (Å²) in [6.07, 6.45) is 2.05. The maximum absolute atomic E-state index is 5.16. The summed E-state index contributed by atoms with van der Waals surface area (Å²) in [6, 6.07) is 75.7. The van der Waals surface area contributed by atoms with Gasteiger partial charge >= 0.3 is 0 Å². The standard InChI is InChI=1S/C53H36N4/c1-4-15-37(16-5-1)38-27-29-41(30-28-38)55(39-17-6-2-7-18-39)42-31-33-43(34-32-42)56-50-25-13-11-22-46(50)53-45(23-14-26-51(53)56)48-35-52-47(36-54-48)44-21-10-12-24-49(44)57(52)40-19-8-3-9-20-40/h1-36H. The number of rotatable bonds is 7. The van der Waals surface area contributed by atoms with Gasteiger partial charge in [-0.2, -0.15) is 0 Å². The van der Waals surface area contributed by atoms with E-state index in [0.717, 1.165) is 61.6 Å². The smallest absolute Gasteiger partial charge is 0.0730 e. The number of aromatic nitrogens is 3. The maximum atomic E-state index is 5.16. The highest BCUT2D eigenvalue weighted by atomic mass is 15.1. The number of fused-ring (bicyclic) bond motifs is 6. The summed E-state index contributed by atoms with van der Waals surface area (Å²) in [5.41, 5.74) is 14.6. The Morgan fingerprint density at radius 2 is 0.860 bits per heavy atom. The molecule has 3 heterocycles. The molecule has 4 heteroatoms. The predicted molar refractivity (Wildman–Crippen MR) is 238 cm³/mol. The molecule has 0 bridgehead atoms. The van der Waals surface area contributed by atoms with Gasteiger partial charge in [0.15, 0.2) is 0 Å². The van der Waals surface area contributed by atoms with Gasteiger partial charge in [-0.25, -0.2) is 0 Å². The monoisotopic (exact) mass is 728 g/mol. The first kappa shape index (κ1) is 32.7. The van der Waals surface area contributed by atoms with Crippen LogP contribution in [0.2, 0.25) is 0 Å². The molecule has 0 aliphatic heterocycles. The minimum atomic E-state index is 0.947. The minimum absolute atomic E-state index is 0.947. The number of nitrogens with zero attached hydrogens (tertiary/aromatic N) is 4. The molecule has 0 aliphatic carbocycles. The molecule has 0 saturated carbocycles. The van der Waals surface area contributed by atoms with Crippen LogP contribution >= 0.6 is 0 Å². The van der Waals surface area contributed by atoms with E-state index in [-0.39, 0.29) is 0 Å². The molecule has 0 atom stereocenters. The molecular formula is C53H36N4. The summed E-state index contributed by atoms with van der Waals surface area (Å²) in [4.78, 5) is 7.47. The van der Waals surface area contributed by atoms with Gasteiger partial charge in [-0.1, -0.05) is 127 Å². The van der Waals surface area contributed by atoms with Crippen LogP contribution in [0.15, 0.2) is 219 Å². The minimum Gasteiger partial charge on any atom is -0.311 e. The first-order chi connectivity index (χ1) is 28.3. The summed E-state index contributed by atoms with van der Waals surface area (Å²) in [7, 11) is 0. The largest absolute Gasteiger partial charge is 0.311 e. The zero-order valence-corrected chi connectivity index (χ0v) is 31.1. The molecule has 11 rings (SSSR count). The molecule has 11 aromatic rings. The number of hydrogen-bond donors (Lipinski definition) is 0. The van der Waals surface area contributed by atoms with Crippen LogP contribution in [-0.2, 0) is 0 Å². The number of hydrogen-bond acceptors (Lipinski definition) is 2. The third-order valence-corrected chi connectivity index (χ3v) is 11.2. The molecule has 0 saturated heterocycles. The average molecular weight is 729 g/mol. The van der Waals surface area contributed by atoms with E-state index in [1.54, 1.807) is 0 Å². The zero-order chi connectivity index (χ0) is 37.7. The van der Waals surface area contributed by atoms with Crippen molar-refractivity contribution in [2.24, 2.45) is 0 Å². The highest BCUT2D eigenvalue weighted by Gasteiger charge is 2.20. The molecule has 0 amide bonds. The maximum Gasteiger partial charge on any atom is 0.0730 e. The van der Waals surface area contributed by atoms with Crippen molar-refractivity contribution in [1.29, 1.82) is 0 Å². The van der Waals surface area contributed by atoms with Crippen molar-refractivity contribution in [1.82, 2.24) is 14.1 Å². The van der Waals surface area contributed by atoms with E-state index in [1.807, 2.05) is 0 Å². The van der Waals surface area contributed by atoms with Gasteiger partial charge in [0.25, 0.3) is 0 Å². The Labute approximate surface area is 330 Å². The van der Waals surface area contributed by atoms with Crippen molar-refractivity contribution in [3.8, 4) is 33.8 Å². The van der Waals surface area contributed by atoms with Crippen molar-refractivity contribution in [2.75, 3.05) is 4.90 Å². The van der Waals surface area contributed by atoms with Gasteiger partial charge in [0.2, 0.25) is 0 Å². The number of para-hydroxylation sites is 4. The van der Waals surface area contributed by atoms with Gasteiger partial charge in [-0.15, -0.1) is 0 Å². The third kappa shape index (κ3) is 5.50. The topological polar surface area (TPSA) is 26.0 Å². The third-order valence-electron chi connectivity index (χ3n) is 11.2. The summed E-state index contributed by atoms with van der Waals surface area (Å²) in [5.74, 6) is 0. The van der Waals surface area contributed by atoms with Crippen LogP contribution in [0.1, 0.15) is 0 Å². The Morgan fingerprint density at radius 1 is 0.351 bits per heavy atom. The first-order valence-electron chi connectivity index (χ1n) is 19.4. The van der Waals surface area contributed by atoms with E-state index in [2.05, 4.69) is 233 Å². The molecule has 0 spiro atoms. The lowest BCUT2D eigenvalue weighted by Crippen LogP contribution is -2.10. The van der Waals surface area contributed by atoms with Crippen LogP contribution in [0, 0.1) is 0 Å². The molecular weight excluding hydrogens is 693 g/mol. The van der Waals surface area contributed by atoms with Crippen LogP contribution in [-0.4, -0.2) is 14.1 Å². The lowest BCUT2D eigenvalue weighted by atomic mass is 10.0. The van der Waals surface area contributed by atoms with Crippen molar-refractivity contribution >= 4 is 60.7 Å². The van der Waals surface area contributed by atoms with Gasteiger partial charge in [0.05, 0.1) is 27.8 Å². The Hall–Kier alpha value is -7.69. The van der Waals surface area contributed by atoms with E-state index in [4.69, 9.17) is 4.98 Å². The fourth-order valence-electron chi connectivity index (χ4n) is 8.59. The van der Waals surface area contributed by atoms with Crippen molar-refractivity contribution < 1.29 is 0 Å². The van der Waals surface area contributed by atoms with Crippen LogP contribution < -0.4 is 4.90 Å². The highest BCUT2D eigenvalue weighted by molar-refractivity contribution is 6.16. The van der Waals surface area contributed by atoms with E-state index in [0.29, 0.717) is 0 Å². The van der Waals surface area contributed by atoms with Gasteiger partial charge in [0, 0.05) is 61.7 Å². The van der Waals surface area contributed by atoms with E-state index < -0.39 is 0 Å². The average Bonchev–Trinajstić information content (AvgIpc) is 3.81. The normalized spacial score (nSPS) is 11.5. The van der Waals surface area contributed by atoms with Crippen molar-refractivity contribution in [2.45, 2.75) is 0 Å². The summed E-state index contributed by atoms with van der Waals surface area (Å²) in [6.45, 7) is 0. The molecule has 57 heavy (non-hydrogen) atoms. The Bertz CT molecular complexity index is 3200. The SMILES string of the molecule is c1ccc(-c2ccc(N(c3ccccc3)c3ccc(-n4c5ccccc5c5c(-c6cc7c(cn6)c6ccccc6n7-c6ccccc6)cccc54)cc3)cc2)cc1. The highest BCUT2D eigenvalue weighted by Crippen LogP contribution is 2.41. The lowest BCUT2D eigenvalue weighted by Gasteiger charge is -2.26. The van der Waals surface area contributed by atoms with Gasteiger partial charge in [0.1, 0.15) is 0 Å². The van der Waals surface area contributed by atoms with Crippen LogP contribution in [0.25, 0.3) is 77.4 Å². The number of pyridine rings is 1. The Kier molecular flexibility index (Phi) is 7.78. The molecule has 268 valence electrons. The Balaban J connectivity index is 1.04. The molecule has 4 nitrogen and oxygen atoms in total. The zero-order valence-electron chi connectivity index (χ0n) is 31.1. The van der Waals surface area contributed by atoms with Gasteiger partial charge in [-0.3, -0.25) is 4.98 Å². The van der Waals surface area contributed by atoms with Crippen LogP contribution in [0.4, 0.5) is 17.1 Å². The molecule has 8 aromatic carbocycles. The van der Waals surface area contributed by atoms with E-state index in [1.165, 1.54) is 32.8 Å². The fourth-order valence-corrected chi connectivity index (χ4v) is 8.59. The first-order valence-corrected chi connectivity index (χ1v) is 19.4. The molecule has 0 fully saturated rings. The van der Waals surface area contributed by atoms with Gasteiger partial charge in [-0.05, 0) is 96.1 Å². The quantitative estimate of drug-likeness (QED) is 0.163. The predicted octanol–water partition coefficient (Wildman–Crippen LogP) is 14.1. The molecule has 3 aromatic heterocycles. The Morgan fingerprint density at radius 3 is 1.58 bits per heavy atom. The molecule has 0 N–H and O–H groups in total. The van der Waals surface area contributed by atoms with Crippen molar-refractivity contribution in [3.05, 3.63) is 219 Å². The number of anilines is 3. The fraction of sp³-hybridized carbons (Fsp3) is 0. The molecule has 0 aliphatic rings. The summed E-state index contributed by atoms with van der Waals surface area (Å²) < 4.78 is 4.75. The van der Waals surface area contributed by atoms with E-state index >= 15 is 0 Å². The number of benzene rings is 8.